The van der Waals surface area contributed by atoms with E-state index >= 15 is 0 Å². The van der Waals surface area contributed by atoms with Gasteiger partial charge >= 0.3 is 5.97 Å². The van der Waals surface area contributed by atoms with Crippen molar-refractivity contribution in [3.8, 4) is 0 Å². The molecule has 0 aromatic carbocycles. The van der Waals surface area contributed by atoms with Gasteiger partial charge in [0.15, 0.2) is 5.79 Å². The van der Waals surface area contributed by atoms with Crippen molar-refractivity contribution < 1.29 is 19.4 Å². The Kier molecular flexibility index (Phi) is 2.26. The minimum absolute atomic E-state index is 0.285. The van der Waals surface area contributed by atoms with Gasteiger partial charge in [0, 0.05) is 12.8 Å². The summed E-state index contributed by atoms with van der Waals surface area (Å²) < 4.78 is 11.0. The minimum Gasteiger partial charge on any atom is -0.481 e. The fraction of sp³-hybridized carbons (Fsp3) is 0.889. The van der Waals surface area contributed by atoms with Crippen LogP contribution in [0, 0.1) is 5.92 Å². The lowest BCUT2D eigenvalue weighted by Crippen LogP contribution is -2.38. The van der Waals surface area contributed by atoms with Gasteiger partial charge in [-0.15, -0.1) is 0 Å². The molecular formula is C9H14O4. The van der Waals surface area contributed by atoms with E-state index in [0.29, 0.717) is 19.6 Å². The van der Waals surface area contributed by atoms with Crippen molar-refractivity contribution in [2.75, 3.05) is 13.2 Å². The van der Waals surface area contributed by atoms with Gasteiger partial charge in [0.05, 0.1) is 19.1 Å². The number of ether oxygens (including phenoxy) is 2. The molecule has 4 heteroatoms. The zero-order valence-corrected chi connectivity index (χ0v) is 7.49. The number of carboxylic acids is 1. The van der Waals surface area contributed by atoms with E-state index < -0.39 is 11.8 Å². The second kappa shape index (κ2) is 3.27. The molecular weight excluding hydrogens is 172 g/mol. The fourth-order valence-electron chi connectivity index (χ4n) is 2.17. The maximum absolute atomic E-state index is 10.8. The smallest absolute Gasteiger partial charge is 0.306 e. The first-order chi connectivity index (χ1) is 6.22. The van der Waals surface area contributed by atoms with Crippen molar-refractivity contribution >= 4 is 5.97 Å². The highest BCUT2D eigenvalue weighted by atomic mass is 16.7. The largest absolute Gasteiger partial charge is 0.481 e. The minimum atomic E-state index is -0.724. The second-order valence-electron chi connectivity index (χ2n) is 3.74. The van der Waals surface area contributed by atoms with Crippen LogP contribution in [-0.4, -0.2) is 30.1 Å². The summed E-state index contributed by atoms with van der Waals surface area (Å²) in [7, 11) is 0. The third-order valence-electron chi connectivity index (χ3n) is 2.83. The van der Waals surface area contributed by atoms with Gasteiger partial charge in [-0.1, -0.05) is 0 Å². The molecule has 4 nitrogen and oxygen atoms in total. The highest BCUT2D eigenvalue weighted by Gasteiger charge is 2.43. The summed E-state index contributed by atoms with van der Waals surface area (Å²) in [5.74, 6) is -1.56. The number of rotatable bonds is 1. The van der Waals surface area contributed by atoms with Gasteiger partial charge in [-0.05, 0) is 12.8 Å². The Morgan fingerprint density at radius 1 is 1.38 bits per heavy atom. The lowest BCUT2D eigenvalue weighted by Gasteiger charge is -2.34. The van der Waals surface area contributed by atoms with Crippen molar-refractivity contribution in [3.05, 3.63) is 0 Å². The van der Waals surface area contributed by atoms with E-state index in [1.165, 1.54) is 0 Å². The molecule has 0 amide bonds. The number of aliphatic carboxylic acids is 1. The number of hydrogen-bond donors (Lipinski definition) is 1. The first-order valence-electron chi connectivity index (χ1n) is 4.73. The summed E-state index contributed by atoms with van der Waals surface area (Å²) >= 11 is 0. The standard InChI is InChI=1S/C9H14O4/c10-8(11)7-2-1-3-9(6-7)12-4-5-13-9/h7H,1-6H2,(H,10,11)/t7-/m1/s1. The predicted molar refractivity (Wildman–Crippen MR) is 44.2 cm³/mol. The molecule has 0 bridgehead atoms. The highest BCUT2D eigenvalue weighted by molar-refractivity contribution is 5.70. The molecule has 1 spiro atoms. The van der Waals surface area contributed by atoms with Crippen LogP contribution in [0.25, 0.3) is 0 Å². The van der Waals surface area contributed by atoms with Gasteiger partial charge < -0.3 is 14.6 Å². The summed E-state index contributed by atoms with van der Waals surface area (Å²) in [5, 5.41) is 8.87. The SMILES string of the molecule is O=C(O)[C@@H]1CCCC2(C1)OCCO2. The van der Waals surface area contributed by atoms with Crippen LogP contribution in [0.3, 0.4) is 0 Å². The second-order valence-corrected chi connectivity index (χ2v) is 3.74. The maximum atomic E-state index is 10.8. The summed E-state index contributed by atoms with van der Waals surface area (Å²) in [4.78, 5) is 10.8. The van der Waals surface area contributed by atoms with E-state index in [1.807, 2.05) is 0 Å². The molecule has 1 aliphatic heterocycles. The van der Waals surface area contributed by atoms with Crippen LogP contribution in [0.5, 0.6) is 0 Å². The first kappa shape index (κ1) is 8.97. The molecule has 13 heavy (non-hydrogen) atoms. The number of carbonyl (C=O) groups is 1. The normalized spacial score (nSPS) is 32.2. The van der Waals surface area contributed by atoms with Crippen LogP contribution in [-0.2, 0) is 14.3 Å². The molecule has 74 valence electrons. The molecule has 0 unspecified atom stereocenters. The average molecular weight is 186 g/mol. The molecule has 1 aliphatic carbocycles. The summed E-state index contributed by atoms with van der Waals surface area (Å²) in [5.41, 5.74) is 0. The monoisotopic (exact) mass is 186 g/mol. The van der Waals surface area contributed by atoms with Crippen molar-refractivity contribution in [2.45, 2.75) is 31.5 Å². The molecule has 1 saturated heterocycles. The Morgan fingerprint density at radius 3 is 2.69 bits per heavy atom. The van der Waals surface area contributed by atoms with E-state index in [-0.39, 0.29) is 5.92 Å². The summed E-state index contributed by atoms with van der Waals surface area (Å²) in [6, 6.07) is 0. The van der Waals surface area contributed by atoms with Crippen LogP contribution >= 0.6 is 0 Å². The van der Waals surface area contributed by atoms with Gasteiger partial charge in [-0.2, -0.15) is 0 Å². The Labute approximate surface area is 76.8 Å². The first-order valence-corrected chi connectivity index (χ1v) is 4.73. The lowest BCUT2D eigenvalue weighted by molar-refractivity contribution is -0.193. The predicted octanol–water partition coefficient (Wildman–Crippen LogP) is 1.00. The van der Waals surface area contributed by atoms with Crippen LogP contribution in [0.4, 0.5) is 0 Å². The van der Waals surface area contributed by atoms with Crippen molar-refractivity contribution in [1.29, 1.82) is 0 Å². The molecule has 0 aromatic rings. The quantitative estimate of drug-likeness (QED) is 0.663. The average Bonchev–Trinajstić information content (AvgIpc) is 2.53. The van der Waals surface area contributed by atoms with E-state index in [0.717, 1.165) is 19.3 Å². The molecule has 2 aliphatic rings. The summed E-state index contributed by atoms with van der Waals surface area (Å²) in [6.07, 6.45) is 3.00. The van der Waals surface area contributed by atoms with Gasteiger partial charge in [0.1, 0.15) is 0 Å². The number of carboxylic acid groups (broad SMARTS) is 1. The van der Waals surface area contributed by atoms with Crippen LogP contribution < -0.4 is 0 Å². The molecule has 0 radical (unpaired) electrons. The molecule has 1 atom stereocenters. The van der Waals surface area contributed by atoms with Gasteiger partial charge in [0.25, 0.3) is 0 Å². The molecule has 1 N–H and O–H groups in total. The van der Waals surface area contributed by atoms with Crippen molar-refractivity contribution in [2.24, 2.45) is 5.92 Å². The zero-order chi connectivity index (χ0) is 9.31. The summed E-state index contributed by atoms with van der Waals surface area (Å²) in [6.45, 7) is 1.21. The van der Waals surface area contributed by atoms with E-state index in [9.17, 15) is 4.79 Å². The zero-order valence-electron chi connectivity index (χ0n) is 7.49. The van der Waals surface area contributed by atoms with Crippen molar-refractivity contribution in [1.82, 2.24) is 0 Å². The maximum Gasteiger partial charge on any atom is 0.306 e. The van der Waals surface area contributed by atoms with E-state index in [4.69, 9.17) is 14.6 Å². The Bertz CT molecular complexity index is 208. The van der Waals surface area contributed by atoms with Crippen LogP contribution in [0.1, 0.15) is 25.7 Å². The van der Waals surface area contributed by atoms with Crippen molar-refractivity contribution in [3.63, 3.8) is 0 Å². The fourth-order valence-corrected chi connectivity index (χ4v) is 2.17. The Morgan fingerprint density at radius 2 is 2.08 bits per heavy atom. The van der Waals surface area contributed by atoms with E-state index in [2.05, 4.69) is 0 Å². The van der Waals surface area contributed by atoms with E-state index in [1.54, 1.807) is 0 Å². The lowest BCUT2D eigenvalue weighted by atomic mass is 9.85. The Balaban J connectivity index is 2.02. The van der Waals surface area contributed by atoms with Gasteiger partial charge in [-0.3, -0.25) is 4.79 Å². The molecule has 1 saturated carbocycles. The Hall–Kier alpha value is -0.610. The topological polar surface area (TPSA) is 55.8 Å². The molecule has 0 aromatic heterocycles. The van der Waals surface area contributed by atoms with Gasteiger partial charge in [0.2, 0.25) is 0 Å². The van der Waals surface area contributed by atoms with Gasteiger partial charge in [-0.25, -0.2) is 0 Å². The number of hydrogen-bond acceptors (Lipinski definition) is 3. The third-order valence-corrected chi connectivity index (χ3v) is 2.83. The highest BCUT2D eigenvalue weighted by Crippen LogP contribution is 2.38. The molecule has 1 heterocycles. The van der Waals surface area contributed by atoms with Crippen LogP contribution in [0.2, 0.25) is 0 Å². The molecule has 2 rings (SSSR count). The third kappa shape index (κ3) is 1.69. The molecule has 2 fully saturated rings. The van der Waals surface area contributed by atoms with Crippen LogP contribution in [0.15, 0.2) is 0 Å².